The van der Waals surface area contributed by atoms with Gasteiger partial charge in [-0.2, -0.15) is 0 Å². The molecule has 1 aromatic carbocycles. The number of amides is 1. The van der Waals surface area contributed by atoms with E-state index in [4.69, 9.17) is 27.9 Å². The fourth-order valence-corrected chi connectivity index (χ4v) is 2.63. The van der Waals surface area contributed by atoms with Gasteiger partial charge in [-0.15, -0.1) is 10.2 Å². The summed E-state index contributed by atoms with van der Waals surface area (Å²) in [6, 6.07) is 5.00. The first-order valence-corrected chi connectivity index (χ1v) is 8.20. The average molecular weight is 360 g/mol. The van der Waals surface area contributed by atoms with Crippen molar-refractivity contribution in [1.82, 2.24) is 10.2 Å². The van der Waals surface area contributed by atoms with Crippen LogP contribution in [0.15, 0.2) is 18.2 Å². The van der Waals surface area contributed by atoms with E-state index >= 15 is 0 Å². The van der Waals surface area contributed by atoms with Crippen LogP contribution < -0.4 is 10.1 Å². The zero-order valence-electron chi connectivity index (χ0n) is 12.3. The summed E-state index contributed by atoms with van der Waals surface area (Å²) in [5.74, 6) is 0.293. The highest BCUT2D eigenvalue weighted by Gasteiger charge is 2.19. The van der Waals surface area contributed by atoms with E-state index in [1.165, 1.54) is 11.3 Å². The van der Waals surface area contributed by atoms with Crippen molar-refractivity contribution in [2.45, 2.75) is 32.8 Å². The summed E-state index contributed by atoms with van der Waals surface area (Å²) in [5, 5.41) is 12.6. The van der Waals surface area contributed by atoms with Gasteiger partial charge in [0.1, 0.15) is 15.8 Å². The van der Waals surface area contributed by atoms with E-state index in [1.54, 1.807) is 25.1 Å². The fraction of sp³-hybridized carbons (Fsp3) is 0.357. The molecule has 0 saturated carbocycles. The van der Waals surface area contributed by atoms with Crippen LogP contribution in [0, 0.1) is 0 Å². The van der Waals surface area contributed by atoms with Crippen LogP contribution >= 0.6 is 34.5 Å². The zero-order chi connectivity index (χ0) is 16.3. The predicted octanol–water partition coefficient (Wildman–Crippen LogP) is 4.37. The molecule has 0 spiro atoms. The molecule has 1 amide bonds. The Kier molecular flexibility index (Phi) is 5.61. The molecule has 0 radical (unpaired) electrons. The second-order valence-electron chi connectivity index (χ2n) is 4.90. The third-order valence-corrected chi connectivity index (χ3v) is 4.69. The molecule has 1 unspecified atom stereocenters. The van der Waals surface area contributed by atoms with E-state index in [-0.39, 0.29) is 16.8 Å². The van der Waals surface area contributed by atoms with Gasteiger partial charge >= 0.3 is 0 Å². The van der Waals surface area contributed by atoms with E-state index in [1.807, 2.05) is 13.8 Å². The summed E-state index contributed by atoms with van der Waals surface area (Å²) in [7, 11) is 0. The Hall–Kier alpha value is -1.37. The Morgan fingerprint density at radius 1 is 1.27 bits per heavy atom. The average Bonchev–Trinajstić information content (AvgIpc) is 2.92. The molecular formula is C14H15Cl2N3O2S. The van der Waals surface area contributed by atoms with Crippen molar-refractivity contribution in [3.63, 3.8) is 0 Å². The second kappa shape index (κ2) is 7.26. The van der Waals surface area contributed by atoms with Gasteiger partial charge in [0, 0.05) is 5.92 Å². The van der Waals surface area contributed by atoms with Crippen molar-refractivity contribution in [2.75, 3.05) is 5.32 Å². The van der Waals surface area contributed by atoms with Crippen LogP contribution in [0.25, 0.3) is 0 Å². The molecule has 0 saturated heterocycles. The van der Waals surface area contributed by atoms with Gasteiger partial charge in [0.2, 0.25) is 5.13 Å². The molecule has 118 valence electrons. The fourth-order valence-electron chi connectivity index (χ4n) is 1.54. The molecule has 1 N–H and O–H groups in total. The Morgan fingerprint density at radius 2 is 2.00 bits per heavy atom. The highest BCUT2D eigenvalue weighted by atomic mass is 35.5. The molecule has 8 heteroatoms. The Labute approximate surface area is 142 Å². The molecule has 0 aliphatic heterocycles. The number of aromatic nitrogens is 2. The molecule has 5 nitrogen and oxygen atoms in total. The number of halogens is 2. The summed E-state index contributed by atoms with van der Waals surface area (Å²) in [6.45, 7) is 5.65. The molecule has 1 heterocycles. The quantitative estimate of drug-likeness (QED) is 0.860. The second-order valence-corrected chi connectivity index (χ2v) is 6.70. The van der Waals surface area contributed by atoms with Crippen LogP contribution in [-0.4, -0.2) is 22.2 Å². The number of ether oxygens (including phenoxy) is 1. The maximum atomic E-state index is 12.1. The lowest BCUT2D eigenvalue weighted by atomic mass is 10.2. The van der Waals surface area contributed by atoms with Crippen LogP contribution in [0.3, 0.4) is 0 Å². The van der Waals surface area contributed by atoms with Crippen LogP contribution in [-0.2, 0) is 4.79 Å². The van der Waals surface area contributed by atoms with E-state index in [2.05, 4.69) is 15.5 Å². The van der Waals surface area contributed by atoms with Crippen molar-refractivity contribution in [1.29, 1.82) is 0 Å². The lowest BCUT2D eigenvalue weighted by Crippen LogP contribution is -2.30. The Morgan fingerprint density at radius 3 is 2.64 bits per heavy atom. The first-order chi connectivity index (χ1) is 10.4. The summed E-state index contributed by atoms with van der Waals surface area (Å²) in [5.41, 5.74) is 0. The van der Waals surface area contributed by atoms with Gasteiger partial charge in [-0.3, -0.25) is 10.1 Å². The highest BCUT2D eigenvalue weighted by Crippen LogP contribution is 2.32. The molecule has 2 aromatic rings. The molecule has 0 aliphatic carbocycles. The largest absolute Gasteiger partial charge is 0.479 e. The maximum absolute atomic E-state index is 12.1. The number of benzene rings is 1. The van der Waals surface area contributed by atoms with Crippen LogP contribution in [0.5, 0.6) is 5.75 Å². The predicted molar refractivity (Wildman–Crippen MR) is 89.2 cm³/mol. The van der Waals surface area contributed by atoms with E-state index in [0.29, 0.717) is 15.9 Å². The van der Waals surface area contributed by atoms with E-state index < -0.39 is 6.10 Å². The highest BCUT2D eigenvalue weighted by molar-refractivity contribution is 7.15. The summed E-state index contributed by atoms with van der Waals surface area (Å²) in [6.07, 6.45) is -0.748. The Bertz CT molecular complexity index is 676. The van der Waals surface area contributed by atoms with Gasteiger partial charge in [0.15, 0.2) is 6.10 Å². The SMILES string of the molecule is CC(Oc1cccc(Cl)c1Cl)C(=O)Nc1nnc(C(C)C)s1. The van der Waals surface area contributed by atoms with E-state index in [0.717, 1.165) is 5.01 Å². The number of rotatable bonds is 5. The minimum absolute atomic E-state index is 0.266. The number of hydrogen-bond acceptors (Lipinski definition) is 5. The van der Waals surface area contributed by atoms with Crippen LogP contribution in [0.2, 0.25) is 10.0 Å². The minimum Gasteiger partial charge on any atom is -0.479 e. The Balaban J connectivity index is 2.01. The molecule has 0 fully saturated rings. The van der Waals surface area contributed by atoms with Crippen LogP contribution in [0.1, 0.15) is 31.7 Å². The number of carbonyl (C=O) groups is 1. The van der Waals surface area contributed by atoms with Crippen LogP contribution in [0.4, 0.5) is 5.13 Å². The van der Waals surface area contributed by atoms with Crippen molar-refractivity contribution < 1.29 is 9.53 Å². The van der Waals surface area contributed by atoms with Gasteiger partial charge in [-0.1, -0.05) is 54.5 Å². The monoisotopic (exact) mass is 359 g/mol. The zero-order valence-corrected chi connectivity index (χ0v) is 14.6. The smallest absolute Gasteiger partial charge is 0.266 e. The summed E-state index contributed by atoms with van der Waals surface area (Å²) < 4.78 is 5.54. The van der Waals surface area contributed by atoms with Gasteiger partial charge in [0.05, 0.1) is 5.02 Å². The number of nitrogens with one attached hydrogen (secondary N) is 1. The third kappa shape index (κ3) is 4.09. The van der Waals surface area contributed by atoms with Crippen molar-refractivity contribution in [2.24, 2.45) is 0 Å². The minimum atomic E-state index is -0.748. The number of nitrogens with zero attached hydrogens (tertiary/aromatic N) is 2. The topological polar surface area (TPSA) is 64.1 Å². The molecule has 2 rings (SSSR count). The lowest BCUT2D eigenvalue weighted by Gasteiger charge is -2.15. The maximum Gasteiger partial charge on any atom is 0.266 e. The first-order valence-electron chi connectivity index (χ1n) is 6.63. The summed E-state index contributed by atoms with van der Waals surface area (Å²) in [4.78, 5) is 12.1. The first kappa shape index (κ1) is 17.0. The number of carbonyl (C=O) groups excluding carboxylic acids is 1. The molecule has 22 heavy (non-hydrogen) atoms. The van der Waals surface area contributed by atoms with Crippen molar-refractivity contribution in [3.8, 4) is 5.75 Å². The van der Waals surface area contributed by atoms with Gasteiger partial charge in [-0.25, -0.2) is 0 Å². The molecular weight excluding hydrogens is 345 g/mol. The summed E-state index contributed by atoms with van der Waals surface area (Å²) >= 11 is 13.3. The van der Waals surface area contributed by atoms with Gasteiger partial charge in [0.25, 0.3) is 5.91 Å². The lowest BCUT2D eigenvalue weighted by molar-refractivity contribution is -0.122. The molecule has 0 aliphatic rings. The molecule has 1 aromatic heterocycles. The number of anilines is 1. The van der Waals surface area contributed by atoms with Crippen molar-refractivity contribution >= 4 is 45.6 Å². The molecule has 0 bridgehead atoms. The number of hydrogen-bond donors (Lipinski definition) is 1. The van der Waals surface area contributed by atoms with Gasteiger partial charge < -0.3 is 4.74 Å². The van der Waals surface area contributed by atoms with E-state index in [9.17, 15) is 4.79 Å². The van der Waals surface area contributed by atoms with Gasteiger partial charge in [-0.05, 0) is 19.1 Å². The van der Waals surface area contributed by atoms with Crippen molar-refractivity contribution in [3.05, 3.63) is 33.3 Å². The molecule has 1 atom stereocenters. The standard InChI is InChI=1S/C14H15Cl2N3O2S/c1-7(2)13-18-19-14(22-13)17-12(20)8(3)21-10-6-4-5-9(15)11(10)16/h4-8H,1-3H3,(H,17,19,20). The third-order valence-electron chi connectivity index (χ3n) is 2.75. The normalized spacial score (nSPS) is 12.3.